The van der Waals surface area contributed by atoms with Crippen molar-refractivity contribution in [2.24, 2.45) is 0 Å². The summed E-state index contributed by atoms with van der Waals surface area (Å²) in [6.45, 7) is 1.81. The van der Waals surface area contributed by atoms with E-state index in [-0.39, 0.29) is 0 Å². The highest BCUT2D eigenvalue weighted by molar-refractivity contribution is 5.89. The lowest BCUT2D eigenvalue weighted by Gasteiger charge is -2.18. The first kappa shape index (κ1) is 14.1. The molecule has 0 fully saturated rings. The Labute approximate surface area is 135 Å². The summed E-state index contributed by atoms with van der Waals surface area (Å²) in [5.41, 5.74) is 4.90. The number of benzene rings is 1. The summed E-state index contributed by atoms with van der Waals surface area (Å²) in [6.07, 6.45) is 5.01. The van der Waals surface area contributed by atoms with E-state index >= 15 is 0 Å². The third-order valence-electron chi connectivity index (χ3n) is 4.37. The Morgan fingerprint density at radius 1 is 1.26 bits per heavy atom. The van der Waals surface area contributed by atoms with E-state index < -0.39 is 0 Å². The van der Waals surface area contributed by atoms with Crippen LogP contribution in [0.15, 0.2) is 42.7 Å². The average Bonchev–Trinajstić information content (AvgIpc) is 3.16. The van der Waals surface area contributed by atoms with E-state index in [1.807, 2.05) is 12.3 Å². The fraction of sp³-hybridized carbons (Fsp3) is 0.278. The van der Waals surface area contributed by atoms with Crippen molar-refractivity contribution >= 4 is 28.1 Å². The molecular formula is C18H21N5. The normalized spacial score (nSPS) is 13.6. The van der Waals surface area contributed by atoms with Crippen LogP contribution in [0.2, 0.25) is 0 Å². The number of H-pyrrole nitrogens is 1. The van der Waals surface area contributed by atoms with E-state index in [2.05, 4.69) is 69.6 Å². The van der Waals surface area contributed by atoms with Gasteiger partial charge in [0.05, 0.1) is 12.4 Å². The van der Waals surface area contributed by atoms with E-state index in [1.165, 1.54) is 22.2 Å². The molecule has 0 aliphatic carbocycles. The second-order valence-electron chi connectivity index (χ2n) is 6.23. The number of fused-ring (bicyclic) bond motifs is 2. The molecule has 1 aliphatic rings. The summed E-state index contributed by atoms with van der Waals surface area (Å²) in [6, 6.07) is 10.7. The molecule has 0 saturated heterocycles. The lowest BCUT2D eigenvalue weighted by Crippen LogP contribution is -2.16. The SMILES string of the molecule is CN(C)CCc1c[nH]c2ccc(N3CNc4ncccc43)cc12. The molecule has 5 nitrogen and oxygen atoms in total. The van der Waals surface area contributed by atoms with Crippen molar-refractivity contribution < 1.29 is 0 Å². The van der Waals surface area contributed by atoms with E-state index in [1.54, 1.807) is 0 Å². The maximum atomic E-state index is 4.39. The number of nitrogens with zero attached hydrogens (tertiary/aromatic N) is 3. The Morgan fingerprint density at radius 2 is 2.17 bits per heavy atom. The van der Waals surface area contributed by atoms with Crippen molar-refractivity contribution in [1.29, 1.82) is 0 Å². The fourth-order valence-corrected chi connectivity index (χ4v) is 3.11. The molecule has 3 aromatic rings. The molecule has 0 radical (unpaired) electrons. The number of rotatable bonds is 4. The van der Waals surface area contributed by atoms with E-state index in [9.17, 15) is 0 Å². The van der Waals surface area contributed by atoms with Gasteiger partial charge in [-0.1, -0.05) is 0 Å². The van der Waals surface area contributed by atoms with Crippen LogP contribution in [0, 0.1) is 0 Å². The van der Waals surface area contributed by atoms with Gasteiger partial charge in [0.15, 0.2) is 5.82 Å². The molecule has 2 aromatic heterocycles. The first-order valence-electron chi connectivity index (χ1n) is 7.93. The van der Waals surface area contributed by atoms with Gasteiger partial charge >= 0.3 is 0 Å². The Bertz CT molecular complexity index is 836. The van der Waals surface area contributed by atoms with Gasteiger partial charge in [-0.2, -0.15) is 0 Å². The van der Waals surface area contributed by atoms with Gasteiger partial charge in [0, 0.05) is 35.5 Å². The topological polar surface area (TPSA) is 47.2 Å². The Balaban J connectivity index is 1.70. The van der Waals surface area contributed by atoms with Crippen LogP contribution in [0.1, 0.15) is 5.56 Å². The first-order valence-corrected chi connectivity index (χ1v) is 7.93. The van der Waals surface area contributed by atoms with Gasteiger partial charge in [-0.25, -0.2) is 4.98 Å². The highest BCUT2D eigenvalue weighted by atomic mass is 15.3. The molecule has 1 aromatic carbocycles. The Hall–Kier alpha value is -2.53. The summed E-state index contributed by atoms with van der Waals surface area (Å²) in [5, 5.41) is 4.65. The predicted molar refractivity (Wildman–Crippen MR) is 95.4 cm³/mol. The van der Waals surface area contributed by atoms with E-state index in [0.717, 1.165) is 31.1 Å². The van der Waals surface area contributed by atoms with Gasteiger partial charge in [-0.05, 0) is 56.4 Å². The zero-order valence-corrected chi connectivity index (χ0v) is 13.5. The second-order valence-corrected chi connectivity index (χ2v) is 6.23. The molecule has 0 atom stereocenters. The molecule has 0 amide bonds. The van der Waals surface area contributed by atoms with Crippen LogP contribution in [0.3, 0.4) is 0 Å². The number of nitrogens with one attached hydrogen (secondary N) is 2. The number of hydrogen-bond donors (Lipinski definition) is 2. The molecule has 4 rings (SSSR count). The van der Waals surface area contributed by atoms with Gasteiger partial charge < -0.3 is 20.1 Å². The van der Waals surface area contributed by atoms with Gasteiger partial charge in [-0.15, -0.1) is 0 Å². The zero-order chi connectivity index (χ0) is 15.8. The molecule has 2 N–H and O–H groups in total. The molecule has 0 bridgehead atoms. The van der Waals surface area contributed by atoms with E-state index in [0.29, 0.717) is 0 Å². The molecule has 0 unspecified atom stereocenters. The number of aromatic nitrogens is 2. The number of anilines is 3. The van der Waals surface area contributed by atoms with Crippen LogP contribution in [0.5, 0.6) is 0 Å². The highest BCUT2D eigenvalue weighted by Crippen LogP contribution is 2.36. The maximum absolute atomic E-state index is 4.39. The molecule has 23 heavy (non-hydrogen) atoms. The van der Waals surface area contributed by atoms with Crippen LogP contribution in [0.4, 0.5) is 17.2 Å². The first-order chi connectivity index (χ1) is 11.2. The second kappa shape index (κ2) is 5.59. The summed E-state index contributed by atoms with van der Waals surface area (Å²) in [7, 11) is 4.22. The number of aromatic amines is 1. The summed E-state index contributed by atoms with van der Waals surface area (Å²) < 4.78 is 0. The zero-order valence-electron chi connectivity index (χ0n) is 13.5. The minimum Gasteiger partial charge on any atom is -0.361 e. The Morgan fingerprint density at radius 3 is 3.04 bits per heavy atom. The molecule has 0 spiro atoms. The van der Waals surface area contributed by atoms with Crippen LogP contribution in [0.25, 0.3) is 10.9 Å². The van der Waals surface area contributed by atoms with Crippen LogP contribution in [-0.2, 0) is 6.42 Å². The Kier molecular flexibility index (Phi) is 3.42. The van der Waals surface area contributed by atoms with Crippen molar-refractivity contribution in [3.05, 3.63) is 48.3 Å². The number of likely N-dealkylation sites (N-methyl/N-ethyl adjacent to an activating group) is 1. The van der Waals surface area contributed by atoms with Gasteiger partial charge in [-0.3, -0.25) is 0 Å². The summed E-state index contributed by atoms with van der Waals surface area (Å²) >= 11 is 0. The summed E-state index contributed by atoms with van der Waals surface area (Å²) in [5.74, 6) is 0.953. The highest BCUT2D eigenvalue weighted by Gasteiger charge is 2.21. The molecule has 118 valence electrons. The third-order valence-corrected chi connectivity index (χ3v) is 4.37. The van der Waals surface area contributed by atoms with Crippen molar-refractivity contribution in [3.8, 4) is 0 Å². The van der Waals surface area contributed by atoms with Gasteiger partial charge in [0.25, 0.3) is 0 Å². The third kappa shape index (κ3) is 2.53. The van der Waals surface area contributed by atoms with Crippen LogP contribution >= 0.6 is 0 Å². The monoisotopic (exact) mass is 307 g/mol. The van der Waals surface area contributed by atoms with Crippen LogP contribution in [-0.4, -0.2) is 42.2 Å². The van der Waals surface area contributed by atoms with E-state index in [4.69, 9.17) is 0 Å². The minimum atomic E-state index is 0.759. The standard InChI is InChI=1S/C18H21N5/c1-22(2)9-7-13-11-20-16-6-5-14(10-15(13)16)23-12-21-18-17(23)4-3-8-19-18/h3-6,8,10-11,20H,7,9,12H2,1-2H3,(H,19,21). The quantitative estimate of drug-likeness (QED) is 0.777. The lowest BCUT2D eigenvalue weighted by atomic mass is 10.1. The summed E-state index contributed by atoms with van der Waals surface area (Å²) in [4.78, 5) is 12.3. The fourth-order valence-electron chi connectivity index (χ4n) is 3.11. The van der Waals surface area contributed by atoms with Crippen molar-refractivity contribution in [2.75, 3.05) is 37.5 Å². The van der Waals surface area contributed by atoms with Crippen molar-refractivity contribution in [3.63, 3.8) is 0 Å². The molecule has 1 aliphatic heterocycles. The largest absolute Gasteiger partial charge is 0.361 e. The molecule has 5 heteroatoms. The lowest BCUT2D eigenvalue weighted by molar-refractivity contribution is 0.414. The average molecular weight is 307 g/mol. The van der Waals surface area contributed by atoms with Gasteiger partial charge in [0.1, 0.15) is 0 Å². The number of hydrogen-bond acceptors (Lipinski definition) is 4. The molecular weight excluding hydrogens is 286 g/mol. The van der Waals surface area contributed by atoms with Crippen molar-refractivity contribution in [1.82, 2.24) is 14.9 Å². The molecule has 3 heterocycles. The maximum Gasteiger partial charge on any atom is 0.151 e. The predicted octanol–water partition coefficient (Wildman–Crippen LogP) is 3.19. The molecule has 0 saturated carbocycles. The smallest absolute Gasteiger partial charge is 0.151 e. The minimum absolute atomic E-state index is 0.759. The van der Waals surface area contributed by atoms with Crippen molar-refractivity contribution in [2.45, 2.75) is 6.42 Å². The van der Waals surface area contributed by atoms with Gasteiger partial charge in [0.2, 0.25) is 0 Å². The number of pyridine rings is 1. The van der Waals surface area contributed by atoms with Crippen LogP contribution < -0.4 is 10.2 Å².